The van der Waals surface area contributed by atoms with Crippen LogP contribution >= 0.6 is 0 Å². The monoisotopic (exact) mass is 281 g/mol. The second kappa shape index (κ2) is 6.93. The SMILES string of the molecule is CCN(CC(C(=N)N)c1ccccc1)c1ccc(C)cc1. The van der Waals surface area contributed by atoms with Crippen molar-refractivity contribution in [3.8, 4) is 0 Å². The number of hydrogen-bond acceptors (Lipinski definition) is 2. The minimum absolute atomic E-state index is 0.0764. The van der Waals surface area contributed by atoms with Crippen LogP contribution in [0.5, 0.6) is 0 Å². The zero-order valence-corrected chi connectivity index (χ0v) is 12.7. The Hall–Kier alpha value is -2.29. The second-order valence-electron chi connectivity index (χ2n) is 5.29. The van der Waals surface area contributed by atoms with E-state index in [0.29, 0.717) is 0 Å². The average Bonchev–Trinajstić information content (AvgIpc) is 2.50. The van der Waals surface area contributed by atoms with Gasteiger partial charge in [-0.25, -0.2) is 0 Å². The van der Waals surface area contributed by atoms with Crippen LogP contribution in [0.25, 0.3) is 0 Å². The van der Waals surface area contributed by atoms with Crippen molar-refractivity contribution in [1.29, 1.82) is 5.41 Å². The van der Waals surface area contributed by atoms with Crippen molar-refractivity contribution in [3.05, 3.63) is 65.7 Å². The number of nitrogens with one attached hydrogen (secondary N) is 1. The predicted octanol–water partition coefficient (Wildman–Crippen LogP) is 3.54. The van der Waals surface area contributed by atoms with Crippen LogP contribution in [0.4, 0.5) is 5.69 Å². The zero-order valence-electron chi connectivity index (χ0n) is 12.7. The van der Waals surface area contributed by atoms with Gasteiger partial charge in [0.1, 0.15) is 0 Å². The third-order valence-electron chi connectivity index (χ3n) is 3.76. The number of benzene rings is 2. The van der Waals surface area contributed by atoms with Crippen LogP contribution in [0.2, 0.25) is 0 Å². The summed E-state index contributed by atoms with van der Waals surface area (Å²) < 4.78 is 0. The van der Waals surface area contributed by atoms with E-state index in [1.807, 2.05) is 30.3 Å². The fourth-order valence-electron chi connectivity index (χ4n) is 2.46. The molecular formula is C18H23N3. The summed E-state index contributed by atoms with van der Waals surface area (Å²) in [6, 6.07) is 18.5. The van der Waals surface area contributed by atoms with Gasteiger partial charge in [-0.15, -0.1) is 0 Å². The Morgan fingerprint density at radius 1 is 1.10 bits per heavy atom. The van der Waals surface area contributed by atoms with Crippen LogP contribution in [0.15, 0.2) is 54.6 Å². The van der Waals surface area contributed by atoms with Crippen LogP contribution in [-0.4, -0.2) is 18.9 Å². The minimum Gasteiger partial charge on any atom is -0.387 e. The molecule has 21 heavy (non-hydrogen) atoms. The maximum atomic E-state index is 7.91. The Morgan fingerprint density at radius 2 is 1.71 bits per heavy atom. The molecule has 1 atom stereocenters. The summed E-state index contributed by atoms with van der Waals surface area (Å²) in [5, 5.41) is 7.91. The molecule has 1 unspecified atom stereocenters. The molecule has 2 aromatic rings. The number of nitrogens with zero attached hydrogens (tertiary/aromatic N) is 1. The first-order chi connectivity index (χ1) is 10.1. The fraction of sp³-hybridized carbons (Fsp3) is 0.278. The van der Waals surface area contributed by atoms with Gasteiger partial charge in [0.15, 0.2) is 0 Å². The first kappa shape index (κ1) is 15.1. The topological polar surface area (TPSA) is 53.1 Å². The molecule has 0 radical (unpaired) electrons. The smallest absolute Gasteiger partial charge is 0.1000 e. The van der Waals surface area contributed by atoms with Gasteiger partial charge in [0, 0.05) is 18.8 Å². The Kier molecular flexibility index (Phi) is 4.99. The number of nitrogens with two attached hydrogens (primary N) is 1. The average molecular weight is 281 g/mol. The standard InChI is InChI=1S/C18H23N3/c1-3-21(16-11-9-14(2)10-12-16)13-17(18(19)20)15-7-5-4-6-8-15/h4-12,17H,3,13H2,1-2H3,(H3,19,20). The molecule has 3 N–H and O–H groups in total. The summed E-state index contributed by atoms with van der Waals surface area (Å²) in [4.78, 5) is 2.26. The van der Waals surface area contributed by atoms with Gasteiger partial charge in [-0.3, -0.25) is 5.41 Å². The molecule has 0 aliphatic rings. The predicted molar refractivity (Wildman–Crippen MR) is 90.2 cm³/mol. The van der Waals surface area contributed by atoms with E-state index in [9.17, 15) is 0 Å². The van der Waals surface area contributed by atoms with Crippen molar-refractivity contribution in [2.75, 3.05) is 18.0 Å². The van der Waals surface area contributed by atoms with Crippen LogP contribution in [0.3, 0.4) is 0 Å². The molecule has 0 saturated carbocycles. The highest BCUT2D eigenvalue weighted by atomic mass is 15.1. The molecule has 3 nitrogen and oxygen atoms in total. The number of rotatable bonds is 6. The summed E-state index contributed by atoms with van der Waals surface area (Å²) in [6.07, 6.45) is 0. The van der Waals surface area contributed by atoms with E-state index in [0.717, 1.165) is 18.7 Å². The van der Waals surface area contributed by atoms with Gasteiger partial charge in [0.2, 0.25) is 0 Å². The minimum atomic E-state index is -0.0764. The van der Waals surface area contributed by atoms with E-state index in [1.165, 1.54) is 11.3 Å². The van der Waals surface area contributed by atoms with Crippen LogP contribution < -0.4 is 10.6 Å². The first-order valence-electron chi connectivity index (χ1n) is 7.32. The van der Waals surface area contributed by atoms with E-state index in [4.69, 9.17) is 11.1 Å². The Balaban J connectivity index is 2.22. The molecule has 0 aliphatic carbocycles. The molecule has 110 valence electrons. The molecule has 2 rings (SSSR count). The lowest BCUT2D eigenvalue weighted by molar-refractivity contribution is 0.764. The van der Waals surface area contributed by atoms with Crippen molar-refractivity contribution in [3.63, 3.8) is 0 Å². The lowest BCUT2D eigenvalue weighted by Gasteiger charge is -2.28. The van der Waals surface area contributed by atoms with Crippen LogP contribution in [-0.2, 0) is 0 Å². The van der Waals surface area contributed by atoms with Crippen molar-refractivity contribution < 1.29 is 0 Å². The molecule has 0 heterocycles. The van der Waals surface area contributed by atoms with Crippen LogP contribution in [0, 0.1) is 12.3 Å². The third-order valence-corrected chi connectivity index (χ3v) is 3.76. The highest BCUT2D eigenvalue weighted by Gasteiger charge is 2.18. The van der Waals surface area contributed by atoms with Crippen molar-refractivity contribution >= 4 is 11.5 Å². The quantitative estimate of drug-likeness (QED) is 0.628. The zero-order chi connectivity index (χ0) is 15.2. The number of hydrogen-bond donors (Lipinski definition) is 2. The highest BCUT2D eigenvalue weighted by Crippen LogP contribution is 2.21. The van der Waals surface area contributed by atoms with Gasteiger partial charge >= 0.3 is 0 Å². The van der Waals surface area contributed by atoms with Gasteiger partial charge in [-0.2, -0.15) is 0 Å². The summed E-state index contributed by atoms with van der Waals surface area (Å²) in [6.45, 7) is 5.82. The van der Waals surface area contributed by atoms with Gasteiger partial charge < -0.3 is 10.6 Å². The molecule has 0 fully saturated rings. The summed E-state index contributed by atoms with van der Waals surface area (Å²) in [7, 11) is 0. The number of likely N-dealkylation sites (N-methyl/N-ethyl adjacent to an activating group) is 1. The highest BCUT2D eigenvalue weighted by molar-refractivity contribution is 5.85. The molecule has 0 bridgehead atoms. The van der Waals surface area contributed by atoms with E-state index < -0.39 is 0 Å². The lowest BCUT2D eigenvalue weighted by atomic mass is 9.97. The molecule has 0 saturated heterocycles. The van der Waals surface area contributed by atoms with E-state index in [1.54, 1.807) is 0 Å². The second-order valence-corrected chi connectivity index (χ2v) is 5.29. The normalized spacial score (nSPS) is 11.9. The van der Waals surface area contributed by atoms with Gasteiger partial charge in [0.05, 0.1) is 11.8 Å². The molecule has 2 aromatic carbocycles. The lowest BCUT2D eigenvalue weighted by Crippen LogP contribution is -2.34. The third kappa shape index (κ3) is 3.85. The largest absolute Gasteiger partial charge is 0.387 e. The number of anilines is 1. The number of amidine groups is 1. The molecule has 0 aromatic heterocycles. The van der Waals surface area contributed by atoms with Crippen molar-refractivity contribution in [1.82, 2.24) is 0 Å². The maximum Gasteiger partial charge on any atom is 0.1000 e. The van der Waals surface area contributed by atoms with Gasteiger partial charge in [0.25, 0.3) is 0 Å². The van der Waals surface area contributed by atoms with E-state index in [2.05, 4.69) is 43.0 Å². The van der Waals surface area contributed by atoms with Crippen LogP contribution in [0.1, 0.15) is 24.0 Å². The molecule has 0 aliphatic heterocycles. The Morgan fingerprint density at radius 3 is 2.24 bits per heavy atom. The van der Waals surface area contributed by atoms with Crippen molar-refractivity contribution in [2.45, 2.75) is 19.8 Å². The van der Waals surface area contributed by atoms with E-state index >= 15 is 0 Å². The molecule has 0 spiro atoms. The Labute approximate surface area is 126 Å². The molecular weight excluding hydrogens is 258 g/mol. The fourth-order valence-corrected chi connectivity index (χ4v) is 2.46. The van der Waals surface area contributed by atoms with Crippen molar-refractivity contribution in [2.24, 2.45) is 5.73 Å². The van der Waals surface area contributed by atoms with E-state index in [-0.39, 0.29) is 11.8 Å². The molecule has 0 amide bonds. The Bertz CT molecular complexity index is 575. The molecule has 3 heteroatoms. The van der Waals surface area contributed by atoms with Gasteiger partial charge in [-0.05, 0) is 31.5 Å². The maximum absolute atomic E-state index is 7.91. The summed E-state index contributed by atoms with van der Waals surface area (Å²) in [5.41, 5.74) is 9.35. The first-order valence-corrected chi connectivity index (χ1v) is 7.32. The van der Waals surface area contributed by atoms with Gasteiger partial charge in [-0.1, -0.05) is 48.0 Å². The number of aryl methyl sites for hydroxylation is 1. The summed E-state index contributed by atoms with van der Waals surface area (Å²) in [5.74, 6) is 0.138. The summed E-state index contributed by atoms with van der Waals surface area (Å²) >= 11 is 0.